The summed E-state index contributed by atoms with van der Waals surface area (Å²) in [5.74, 6) is 0.533. The predicted molar refractivity (Wildman–Crippen MR) is 232 cm³/mol. The van der Waals surface area contributed by atoms with Gasteiger partial charge in [0.15, 0.2) is 0 Å². The first-order valence-electron chi connectivity index (χ1n) is 20.9. The van der Waals surface area contributed by atoms with E-state index in [0.717, 1.165) is 44.2 Å². The fourth-order valence-corrected chi connectivity index (χ4v) is 9.57. The lowest BCUT2D eigenvalue weighted by molar-refractivity contribution is -0.128. The molecule has 294 valence electrons. The number of hydrogen-bond donors (Lipinski definition) is 1. The Kier molecular flexibility index (Phi) is 12.7. The summed E-state index contributed by atoms with van der Waals surface area (Å²) in [5, 5.41) is 4.83. The van der Waals surface area contributed by atoms with Gasteiger partial charge in [0.25, 0.3) is 0 Å². The third kappa shape index (κ3) is 8.56. The maximum absolute atomic E-state index is 14.1. The zero-order chi connectivity index (χ0) is 40.0. The lowest BCUT2D eigenvalue weighted by atomic mass is 9.80. The molecule has 2 aliphatic rings. The van der Waals surface area contributed by atoms with E-state index in [-0.39, 0.29) is 17.2 Å². The largest absolute Gasteiger partial charge is 0.446 e. The van der Waals surface area contributed by atoms with Crippen LogP contribution in [0.15, 0.2) is 72.4 Å². The summed E-state index contributed by atoms with van der Waals surface area (Å²) >= 11 is 0. The Bertz CT molecular complexity index is 2140. The van der Waals surface area contributed by atoms with Gasteiger partial charge in [-0.15, -0.1) is 0 Å². The molecule has 56 heavy (non-hydrogen) atoms. The molecule has 6 heteroatoms. The second-order valence-corrected chi connectivity index (χ2v) is 17.5. The van der Waals surface area contributed by atoms with Crippen molar-refractivity contribution in [3.63, 3.8) is 0 Å². The van der Waals surface area contributed by atoms with Crippen LogP contribution < -0.4 is 5.32 Å². The van der Waals surface area contributed by atoms with Gasteiger partial charge in [0, 0.05) is 53.6 Å². The maximum atomic E-state index is 14.1. The minimum Gasteiger partial charge on any atom is -0.446 e. The van der Waals surface area contributed by atoms with Crippen LogP contribution in [0.4, 0.5) is 0 Å². The fraction of sp³-hybridized carbons (Fsp3) is 0.480. The summed E-state index contributed by atoms with van der Waals surface area (Å²) in [4.78, 5) is 20.8. The van der Waals surface area contributed by atoms with Crippen LogP contribution in [0, 0.1) is 36.3 Å². The number of carbonyl (C=O) groups is 1. The molecule has 0 spiro atoms. The smallest absolute Gasteiger partial charge is 0.244 e. The number of hydrogen-bond acceptors (Lipinski definition) is 4. The molecule has 6 rings (SSSR count). The molecule has 0 radical (unpaired) electrons. The quantitative estimate of drug-likeness (QED) is 0.0792. The Morgan fingerprint density at radius 2 is 1.84 bits per heavy atom. The van der Waals surface area contributed by atoms with Gasteiger partial charge in [0.2, 0.25) is 5.91 Å². The molecule has 2 atom stereocenters. The van der Waals surface area contributed by atoms with E-state index in [2.05, 4.69) is 124 Å². The van der Waals surface area contributed by atoms with Crippen molar-refractivity contribution in [2.45, 2.75) is 130 Å². The molecule has 1 saturated carbocycles. The maximum Gasteiger partial charge on any atom is 0.244 e. The van der Waals surface area contributed by atoms with Gasteiger partial charge in [-0.3, -0.25) is 9.78 Å². The van der Waals surface area contributed by atoms with Crippen LogP contribution in [0.5, 0.6) is 0 Å². The van der Waals surface area contributed by atoms with Crippen LogP contribution in [0.3, 0.4) is 0 Å². The first-order chi connectivity index (χ1) is 26.9. The molecular formula is C50H62N4O2. The van der Waals surface area contributed by atoms with E-state index in [1.165, 1.54) is 75.8 Å². The first kappa shape index (κ1) is 40.7. The van der Waals surface area contributed by atoms with Gasteiger partial charge >= 0.3 is 0 Å². The zero-order valence-electron chi connectivity index (χ0n) is 34.9. The number of aromatic nitrogens is 2. The van der Waals surface area contributed by atoms with Crippen molar-refractivity contribution in [2.24, 2.45) is 11.3 Å². The third-order valence-electron chi connectivity index (χ3n) is 12.4. The summed E-state index contributed by atoms with van der Waals surface area (Å²) in [7, 11) is 1.83. The van der Waals surface area contributed by atoms with E-state index in [1.807, 2.05) is 13.2 Å². The molecule has 2 aliphatic carbocycles. The Balaban J connectivity index is 1.45. The number of fused-ring (bicyclic) bond motifs is 1. The molecule has 2 aromatic heterocycles. The number of likely N-dealkylation sites (N-methyl/N-ethyl adjacent to an activating group) is 1. The van der Waals surface area contributed by atoms with Crippen LogP contribution in [0.25, 0.3) is 33.3 Å². The average molecular weight is 751 g/mol. The monoisotopic (exact) mass is 750 g/mol. The second kappa shape index (κ2) is 17.5. The Morgan fingerprint density at radius 3 is 2.55 bits per heavy atom. The molecule has 2 aromatic carbocycles. The van der Waals surface area contributed by atoms with Gasteiger partial charge in [0.05, 0.1) is 16.9 Å². The van der Waals surface area contributed by atoms with E-state index in [9.17, 15) is 4.79 Å². The van der Waals surface area contributed by atoms with Gasteiger partial charge in [-0.05, 0) is 111 Å². The number of nitrogens with zero attached hydrogens (tertiary/aromatic N) is 3. The molecule has 0 bridgehead atoms. The van der Waals surface area contributed by atoms with Gasteiger partial charge in [-0.25, -0.2) is 0 Å². The number of pyridine rings is 1. The van der Waals surface area contributed by atoms with Gasteiger partial charge < -0.3 is 19.5 Å². The minimum atomic E-state index is -0.494. The number of aryl methyl sites for hydroxylation is 1. The summed E-state index contributed by atoms with van der Waals surface area (Å²) in [5.41, 5.74) is 10.3. The number of carbonyl (C=O) groups excluding carboxylic acids is 1. The lowest BCUT2D eigenvalue weighted by Crippen LogP contribution is -2.57. The van der Waals surface area contributed by atoms with Crippen molar-refractivity contribution in [1.82, 2.24) is 19.8 Å². The number of terminal acetylenes is 2. The highest BCUT2D eigenvalue weighted by Gasteiger charge is 2.38. The summed E-state index contributed by atoms with van der Waals surface area (Å²) in [6.07, 6.45) is 28.6. The number of benzene rings is 2. The molecule has 1 fully saturated rings. The highest BCUT2D eigenvalue weighted by Crippen LogP contribution is 2.44. The molecular weight excluding hydrogens is 689 g/mol. The first-order valence-corrected chi connectivity index (χ1v) is 20.9. The van der Waals surface area contributed by atoms with Crippen LogP contribution in [-0.4, -0.2) is 45.6 Å². The molecule has 0 aliphatic heterocycles. The molecule has 2 unspecified atom stereocenters. The average Bonchev–Trinajstić information content (AvgIpc) is 3.78. The van der Waals surface area contributed by atoms with E-state index in [0.29, 0.717) is 18.9 Å². The number of amides is 1. The normalized spacial score (nSPS) is 18.2. The molecule has 4 aromatic rings. The molecule has 1 amide bonds. The van der Waals surface area contributed by atoms with E-state index in [4.69, 9.17) is 22.6 Å². The van der Waals surface area contributed by atoms with Crippen LogP contribution in [-0.2, 0) is 28.9 Å². The summed E-state index contributed by atoms with van der Waals surface area (Å²) < 4.78 is 8.09. The SMILES string of the molecule is C#COCC(C)(C)Cc1c(-c2cccnc2C2CCCC2)n(CC)c2ccc(-c3cccc(CC4(NC(=O)C(C(C)C)N(C)C#C)CCCCC=C4C)c3)cc12. The van der Waals surface area contributed by atoms with Crippen molar-refractivity contribution >= 4 is 16.8 Å². The fourth-order valence-electron chi connectivity index (χ4n) is 9.57. The molecule has 0 saturated heterocycles. The second-order valence-electron chi connectivity index (χ2n) is 17.5. The number of ether oxygens (including phenoxy) is 1. The molecule has 1 N–H and O–H groups in total. The van der Waals surface area contributed by atoms with Crippen LogP contribution in [0.2, 0.25) is 0 Å². The van der Waals surface area contributed by atoms with E-state index >= 15 is 0 Å². The van der Waals surface area contributed by atoms with Gasteiger partial charge in [0.1, 0.15) is 18.8 Å². The Morgan fingerprint density at radius 1 is 1.07 bits per heavy atom. The van der Waals surface area contributed by atoms with Gasteiger partial charge in [-0.1, -0.05) is 102 Å². The van der Waals surface area contributed by atoms with Crippen molar-refractivity contribution < 1.29 is 9.53 Å². The highest BCUT2D eigenvalue weighted by atomic mass is 16.5. The van der Waals surface area contributed by atoms with Crippen molar-refractivity contribution in [1.29, 1.82) is 0 Å². The minimum absolute atomic E-state index is 0.0132. The van der Waals surface area contributed by atoms with E-state index in [1.54, 1.807) is 4.90 Å². The number of allylic oxidation sites excluding steroid dienone is 1. The summed E-state index contributed by atoms with van der Waals surface area (Å²) in [6.45, 7) is 14.3. The number of nitrogens with one attached hydrogen (secondary N) is 1. The standard InChI is InChI=1S/C50H62N4O2/c1-10-53(9)46(35(4)5)48(55)52-50(28-17-13-14-20-36(50)6)32-37-21-18-24-39(30-37)40-26-27-44-42(31-40)43(33-49(7,8)34-56-12-3)47(54(44)11-2)41-25-19-29-51-45(41)38-22-15-16-23-38/h1,3,18-21,24-27,29-31,35,38,46H,11,13-17,22-23,28,32-34H2,2,4-9H3,(H,52,55). The topological polar surface area (TPSA) is 59.4 Å². The molecule has 6 nitrogen and oxygen atoms in total. The third-order valence-corrected chi connectivity index (χ3v) is 12.4. The van der Waals surface area contributed by atoms with Crippen molar-refractivity contribution in [3.05, 3.63) is 89.3 Å². The van der Waals surface area contributed by atoms with Crippen LogP contribution >= 0.6 is 0 Å². The number of rotatable bonds is 14. The van der Waals surface area contributed by atoms with E-state index < -0.39 is 11.6 Å². The van der Waals surface area contributed by atoms with Crippen LogP contribution in [0.1, 0.15) is 116 Å². The van der Waals surface area contributed by atoms with Crippen molar-refractivity contribution in [2.75, 3.05) is 13.7 Å². The summed E-state index contributed by atoms with van der Waals surface area (Å²) in [6, 6.07) is 22.5. The molecule has 2 heterocycles. The Labute approximate surface area is 336 Å². The van der Waals surface area contributed by atoms with Crippen molar-refractivity contribution in [3.8, 4) is 47.4 Å². The van der Waals surface area contributed by atoms with Gasteiger partial charge in [-0.2, -0.15) is 0 Å². The lowest BCUT2D eigenvalue weighted by Gasteiger charge is -2.39. The Hall–Kier alpha value is -4.94. The predicted octanol–water partition coefficient (Wildman–Crippen LogP) is 10.7. The highest BCUT2D eigenvalue weighted by molar-refractivity contribution is 5.95. The zero-order valence-corrected chi connectivity index (χ0v) is 34.9.